The Bertz CT molecular complexity index is 985. The van der Waals surface area contributed by atoms with E-state index in [0.717, 1.165) is 0 Å². The number of amides is 3. The quantitative estimate of drug-likeness (QED) is 0.309. The number of aromatic hydroxyl groups is 1. The summed E-state index contributed by atoms with van der Waals surface area (Å²) in [6.45, 7) is 16.6. The summed E-state index contributed by atoms with van der Waals surface area (Å²) in [6, 6.07) is 4.02. The zero-order valence-electron chi connectivity index (χ0n) is 24.9. The van der Waals surface area contributed by atoms with E-state index in [4.69, 9.17) is 9.47 Å². The Kier molecular flexibility index (Phi) is 12.8. The highest BCUT2D eigenvalue weighted by Crippen LogP contribution is 2.34. The van der Waals surface area contributed by atoms with Gasteiger partial charge in [0.05, 0.1) is 13.0 Å². The summed E-state index contributed by atoms with van der Waals surface area (Å²) in [5.41, 5.74) is -1.21. The van der Waals surface area contributed by atoms with Crippen molar-refractivity contribution in [1.82, 2.24) is 15.5 Å². The average molecular weight is 550 g/mol. The number of nitrogens with one attached hydrogen (secondary N) is 2. The Morgan fingerprint density at radius 1 is 1.05 bits per heavy atom. The van der Waals surface area contributed by atoms with Gasteiger partial charge in [-0.05, 0) is 78.0 Å². The van der Waals surface area contributed by atoms with Crippen LogP contribution < -0.4 is 10.6 Å². The predicted molar refractivity (Wildman–Crippen MR) is 149 cm³/mol. The van der Waals surface area contributed by atoms with Crippen molar-refractivity contribution in [3.63, 3.8) is 0 Å². The van der Waals surface area contributed by atoms with Gasteiger partial charge in [0.25, 0.3) is 0 Å². The van der Waals surface area contributed by atoms with Crippen molar-refractivity contribution in [1.29, 1.82) is 0 Å². The van der Waals surface area contributed by atoms with E-state index in [9.17, 15) is 24.3 Å². The number of nitrogens with zero attached hydrogens (tertiary/aromatic N) is 1. The second-order valence-corrected chi connectivity index (χ2v) is 11.5. The van der Waals surface area contributed by atoms with Crippen LogP contribution in [-0.2, 0) is 23.9 Å². The highest BCUT2D eigenvalue weighted by molar-refractivity contribution is 5.93. The monoisotopic (exact) mass is 549 g/mol. The Labute approximate surface area is 232 Å². The number of esters is 1. The van der Waals surface area contributed by atoms with Crippen LogP contribution in [0.4, 0.5) is 4.79 Å². The molecule has 0 aliphatic heterocycles. The normalized spacial score (nSPS) is 13.3. The molecule has 0 radical (unpaired) electrons. The van der Waals surface area contributed by atoms with E-state index in [1.807, 2.05) is 34.6 Å². The van der Waals surface area contributed by atoms with Crippen molar-refractivity contribution in [3.05, 3.63) is 29.8 Å². The van der Waals surface area contributed by atoms with Gasteiger partial charge in [0.1, 0.15) is 23.4 Å². The molecule has 1 aromatic carbocycles. The van der Waals surface area contributed by atoms with Gasteiger partial charge in [-0.25, -0.2) is 4.79 Å². The molecular formula is C29H47N3O7. The van der Waals surface area contributed by atoms with Crippen LogP contribution in [0.15, 0.2) is 24.3 Å². The van der Waals surface area contributed by atoms with Gasteiger partial charge in [0.15, 0.2) is 0 Å². The van der Waals surface area contributed by atoms with Gasteiger partial charge in [0, 0.05) is 12.1 Å². The molecular weight excluding hydrogens is 502 g/mol. The van der Waals surface area contributed by atoms with E-state index in [-0.39, 0.29) is 31.2 Å². The molecule has 0 bridgehead atoms. The third kappa shape index (κ3) is 11.1. The van der Waals surface area contributed by atoms with Gasteiger partial charge in [-0.1, -0.05) is 32.9 Å². The van der Waals surface area contributed by atoms with Crippen molar-refractivity contribution in [2.24, 2.45) is 5.92 Å². The Morgan fingerprint density at radius 3 is 2.21 bits per heavy atom. The largest absolute Gasteiger partial charge is 0.508 e. The van der Waals surface area contributed by atoms with E-state index >= 15 is 0 Å². The molecule has 0 aromatic heterocycles. The number of hydrogen-bond donors (Lipinski definition) is 3. The standard InChI is InChI=1S/C29H47N3O7/c1-10-29(8,9)32(26(36)22(17-19(3)4)31-27(37)39-28(5,6)7)24(20-13-12-14-21(33)18-20)25(35)30-16-15-23(34)38-11-2/h12-14,18-19,22,24,33H,10-11,15-17H2,1-9H3,(H,30,35)(H,31,37). The number of ether oxygens (including phenoxy) is 2. The minimum Gasteiger partial charge on any atom is -0.508 e. The third-order valence-corrected chi connectivity index (χ3v) is 6.08. The minimum absolute atomic E-state index is 0.00709. The average Bonchev–Trinajstić information content (AvgIpc) is 2.80. The molecule has 0 aliphatic rings. The molecule has 0 heterocycles. The minimum atomic E-state index is -1.16. The molecule has 3 N–H and O–H groups in total. The summed E-state index contributed by atoms with van der Waals surface area (Å²) < 4.78 is 10.4. The van der Waals surface area contributed by atoms with Crippen LogP contribution in [0.1, 0.15) is 93.2 Å². The van der Waals surface area contributed by atoms with Crippen LogP contribution in [0.3, 0.4) is 0 Å². The maximum absolute atomic E-state index is 14.3. The molecule has 2 atom stereocenters. The van der Waals surface area contributed by atoms with Crippen LogP contribution >= 0.6 is 0 Å². The number of phenolic OH excluding ortho intramolecular Hbond substituents is 1. The molecule has 10 heteroatoms. The van der Waals surface area contributed by atoms with Gasteiger partial charge in [-0.15, -0.1) is 0 Å². The highest BCUT2D eigenvalue weighted by atomic mass is 16.6. The van der Waals surface area contributed by atoms with Gasteiger partial charge in [-0.2, -0.15) is 0 Å². The number of carbonyl (C=O) groups excluding carboxylic acids is 4. The van der Waals surface area contributed by atoms with Gasteiger partial charge in [0.2, 0.25) is 11.8 Å². The van der Waals surface area contributed by atoms with Crippen molar-refractivity contribution < 1.29 is 33.8 Å². The maximum Gasteiger partial charge on any atom is 0.408 e. The Morgan fingerprint density at radius 2 is 1.69 bits per heavy atom. The number of alkyl carbamates (subject to hydrolysis) is 1. The van der Waals surface area contributed by atoms with E-state index in [0.29, 0.717) is 18.4 Å². The summed E-state index contributed by atoms with van der Waals surface area (Å²) >= 11 is 0. The summed E-state index contributed by atoms with van der Waals surface area (Å²) in [6.07, 6.45) is 0.0353. The van der Waals surface area contributed by atoms with Gasteiger partial charge in [-0.3, -0.25) is 14.4 Å². The van der Waals surface area contributed by atoms with Crippen LogP contribution in [0.2, 0.25) is 0 Å². The number of carbonyl (C=O) groups is 4. The Hall–Kier alpha value is -3.30. The fourth-order valence-corrected chi connectivity index (χ4v) is 3.99. The van der Waals surface area contributed by atoms with Crippen molar-refractivity contribution in [2.45, 2.75) is 105 Å². The first kappa shape index (κ1) is 33.7. The first-order chi connectivity index (χ1) is 18.0. The second kappa shape index (κ2) is 14.7. The second-order valence-electron chi connectivity index (χ2n) is 11.5. The SMILES string of the molecule is CCOC(=O)CCNC(=O)C(c1cccc(O)c1)N(C(=O)C(CC(C)C)NC(=O)OC(C)(C)C)C(C)(C)CC. The van der Waals surface area contributed by atoms with Crippen molar-refractivity contribution in [3.8, 4) is 5.75 Å². The molecule has 0 fully saturated rings. The molecule has 0 spiro atoms. The Balaban J connectivity index is 3.55. The fraction of sp³-hybridized carbons (Fsp3) is 0.655. The number of phenols is 1. The highest BCUT2D eigenvalue weighted by Gasteiger charge is 2.43. The molecule has 39 heavy (non-hydrogen) atoms. The van der Waals surface area contributed by atoms with Crippen LogP contribution in [0.25, 0.3) is 0 Å². The molecule has 3 amide bonds. The molecule has 2 unspecified atom stereocenters. The number of rotatable bonds is 13. The van der Waals surface area contributed by atoms with Crippen LogP contribution in [-0.4, -0.2) is 64.2 Å². The third-order valence-electron chi connectivity index (χ3n) is 6.08. The van der Waals surface area contributed by atoms with Crippen molar-refractivity contribution >= 4 is 23.9 Å². The van der Waals surface area contributed by atoms with Gasteiger partial charge < -0.3 is 30.1 Å². The predicted octanol–water partition coefficient (Wildman–Crippen LogP) is 4.46. The molecule has 0 saturated heterocycles. The number of hydrogen-bond acceptors (Lipinski definition) is 7. The summed E-state index contributed by atoms with van der Waals surface area (Å²) in [5, 5.41) is 15.7. The first-order valence-corrected chi connectivity index (χ1v) is 13.6. The molecule has 1 aromatic rings. The molecule has 0 aliphatic carbocycles. The van der Waals surface area contributed by atoms with E-state index in [1.54, 1.807) is 39.8 Å². The molecule has 0 saturated carbocycles. The smallest absolute Gasteiger partial charge is 0.408 e. The zero-order valence-corrected chi connectivity index (χ0v) is 24.9. The van der Waals surface area contributed by atoms with Crippen LogP contribution in [0, 0.1) is 5.92 Å². The van der Waals surface area contributed by atoms with Gasteiger partial charge >= 0.3 is 12.1 Å². The summed E-state index contributed by atoms with van der Waals surface area (Å²) in [4.78, 5) is 54.0. The lowest BCUT2D eigenvalue weighted by Crippen LogP contribution is -2.59. The first-order valence-electron chi connectivity index (χ1n) is 13.6. The van der Waals surface area contributed by atoms with E-state index in [2.05, 4.69) is 10.6 Å². The summed E-state index contributed by atoms with van der Waals surface area (Å²) in [7, 11) is 0. The van der Waals surface area contributed by atoms with E-state index < -0.39 is 47.1 Å². The lowest BCUT2D eigenvalue weighted by Gasteiger charge is -2.44. The maximum atomic E-state index is 14.3. The molecule has 10 nitrogen and oxygen atoms in total. The van der Waals surface area contributed by atoms with E-state index in [1.165, 1.54) is 17.0 Å². The number of benzene rings is 1. The van der Waals surface area contributed by atoms with Crippen LogP contribution in [0.5, 0.6) is 5.75 Å². The lowest BCUT2D eigenvalue weighted by atomic mass is 9.90. The zero-order chi connectivity index (χ0) is 30.0. The molecule has 1 rings (SSSR count). The lowest BCUT2D eigenvalue weighted by molar-refractivity contribution is -0.150. The van der Waals surface area contributed by atoms with Crippen molar-refractivity contribution in [2.75, 3.05) is 13.2 Å². The fourth-order valence-electron chi connectivity index (χ4n) is 3.99. The summed E-state index contributed by atoms with van der Waals surface area (Å²) in [5.74, 6) is -1.47. The topological polar surface area (TPSA) is 134 Å². The molecule has 220 valence electrons.